The summed E-state index contributed by atoms with van der Waals surface area (Å²) in [4.78, 5) is 0. The Morgan fingerprint density at radius 1 is 1.38 bits per heavy atom. The van der Waals surface area contributed by atoms with Gasteiger partial charge in [-0.1, -0.05) is 24.3 Å². The molecule has 0 aromatic carbocycles. The molecule has 1 unspecified atom stereocenters. The molecule has 1 rings (SSSR count). The van der Waals surface area contributed by atoms with E-state index in [2.05, 4.69) is 31.7 Å². The Hall–Kier alpha value is -0.170. The van der Waals surface area contributed by atoms with Gasteiger partial charge in [0.2, 0.25) is 0 Å². The second kappa shape index (κ2) is 2.40. The molecule has 0 bridgehead atoms. The molecule has 1 aliphatic carbocycles. The van der Waals surface area contributed by atoms with Crippen molar-refractivity contribution in [1.82, 2.24) is 0 Å². The van der Waals surface area contributed by atoms with Crippen molar-refractivity contribution in [3.8, 4) is 0 Å². The average molecular weight is 125 g/mol. The lowest BCUT2D eigenvalue weighted by molar-refractivity contribution is 0.866. The first-order chi connectivity index (χ1) is 3.80. The first kappa shape index (κ1) is 5.96. The number of hydrogen-bond acceptors (Lipinski definition) is 1. The highest BCUT2D eigenvalue weighted by Gasteiger charge is 2.07. The molecule has 0 aromatic rings. The van der Waals surface area contributed by atoms with Crippen LogP contribution < -0.4 is 0 Å². The van der Waals surface area contributed by atoms with Crippen LogP contribution in [-0.4, -0.2) is 5.25 Å². The molecular weight excluding hydrogens is 116 g/mol. The van der Waals surface area contributed by atoms with E-state index < -0.39 is 0 Å². The van der Waals surface area contributed by atoms with Crippen molar-refractivity contribution in [3.05, 3.63) is 31.2 Å². The van der Waals surface area contributed by atoms with Gasteiger partial charge >= 0.3 is 0 Å². The van der Waals surface area contributed by atoms with Crippen molar-refractivity contribution in [3.63, 3.8) is 0 Å². The normalized spacial score (nSPS) is 22.2. The van der Waals surface area contributed by atoms with Crippen LogP contribution in [-0.2, 0) is 0 Å². The Morgan fingerprint density at radius 2 is 1.88 bits per heavy atom. The van der Waals surface area contributed by atoms with Crippen LogP contribution in [0.3, 0.4) is 0 Å². The molecule has 0 N–H and O–H groups in total. The average Bonchev–Trinajstić information content (AvgIpc) is 2.12. The van der Waals surface area contributed by atoms with Crippen LogP contribution in [0, 0.1) is 12.8 Å². The lowest BCUT2D eigenvalue weighted by atomic mass is 10.1. The Bertz CT molecular complexity index is 110. The summed E-state index contributed by atoms with van der Waals surface area (Å²) in [5, 5.41) is 0.213. The summed E-state index contributed by atoms with van der Waals surface area (Å²) in [7, 11) is 0. The van der Waals surface area contributed by atoms with Gasteiger partial charge < -0.3 is 0 Å². The minimum Gasteiger partial charge on any atom is -0.175 e. The fourth-order valence-corrected chi connectivity index (χ4v) is 0.904. The van der Waals surface area contributed by atoms with E-state index >= 15 is 0 Å². The third-order valence-electron chi connectivity index (χ3n) is 1.22. The summed E-state index contributed by atoms with van der Waals surface area (Å²) in [5.74, 6) is 0.457. The molecular formula is C7H9S. The topological polar surface area (TPSA) is 0 Å². The number of rotatable bonds is 1. The van der Waals surface area contributed by atoms with Crippen molar-refractivity contribution < 1.29 is 0 Å². The second-order valence-electron chi connectivity index (χ2n) is 1.91. The van der Waals surface area contributed by atoms with Gasteiger partial charge in [-0.25, -0.2) is 0 Å². The molecule has 1 radical (unpaired) electrons. The number of allylic oxidation sites excluding steroid dienone is 4. The minimum absolute atomic E-state index is 0.213. The highest BCUT2D eigenvalue weighted by Crippen LogP contribution is 2.16. The third-order valence-corrected chi connectivity index (χ3v) is 1.57. The van der Waals surface area contributed by atoms with Crippen LogP contribution in [0.2, 0.25) is 0 Å². The minimum atomic E-state index is 0.213. The zero-order valence-electron chi connectivity index (χ0n) is 4.62. The van der Waals surface area contributed by atoms with Gasteiger partial charge in [-0.3, -0.25) is 0 Å². The molecule has 1 aliphatic rings. The molecule has 0 aromatic heterocycles. The van der Waals surface area contributed by atoms with Gasteiger partial charge in [-0.05, 0) is 6.92 Å². The molecule has 0 fully saturated rings. The molecule has 0 saturated carbocycles. The van der Waals surface area contributed by atoms with Gasteiger partial charge in [0.25, 0.3) is 0 Å². The van der Waals surface area contributed by atoms with E-state index in [4.69, 9.17) is 0 Å². The summed E-state index contributed by atoms with van der Waals surface area (Å²) >= 11 is 4.18. The van der Waals surface area contributed by atoms with Gasteiger partial charge in [0.1, 0.15) is 0 Å². The van der Waals surface area contributed by atoms with Gasteiger partial charge in [-0.2, -0.15) is 12.6 Å². The molecule has 0 nitrogen and oxygen atoms in total. The maximum atomic E-state index is 4.18. The lowest BCUT2D eigenvalue weighted by Crippen LogP contribution is -2.02. The van der Waals surface area contributed by atoms with E-state index in [-0.39, 0.29) is 5.25 Å². The molecule has 0 amide bonds. The van der Waals surface area contributed by atoms with E-state index in [9.17, 15) is 0 Å². The summed E-state index contributed by atoms with van der Waals surface area (Å²) in [6.07, 6.45) is 8.26. The van der Waals surface area contributed by atoms with E-state index in [1.807, 2.05) is 12.2 Å². The molecule has 0 heterocycles. The van der Waals surface area contributed by atoms with Gasteiger partial charge in [0.15, 0.2) is 0 Å². The van der Waals surface area contributed by atoms with E-state index in [0.717, 1.165) is 0 Å². The smallest absolute Gasteiger partial charge is 0.0115 e. The molecule has 1 heteroatoms. The molecule has 43 valence electrons. The van der Waals surface area contributed by atoms with Crippen molar-refractivity contribution >= 4 is 12.6 Å². The van der Waals surface area contributed by atoms with Gasteiger partial charge in [0, 0.05) is 11.2 Å². The Kier molecular flexibility index (Phi) is 1.79. The van der Waals surface area contributed by atoms with Crippen molar-refractivity contribution in [2.24, 2.45) is 5.92 Å². The molecule has 0 aliphatic heterocycles. The van der Waals surface area contributed by atoms with E-state index in [0.29, 0.717) is 5.92 Å². The summed E-state index contributed by atoms with van der Waals surface area (Å²) in [5.41, 5.74) is 0. The highest BCUT2D eigenvalue weighted by atomic mass is 32.1. The van der Waals surface area contributed by atoms with Crippen LogP contribution in [0.15, 0.2) is 24.3 Å². The van der Waals surface area contributed by atoms with Crippen LogP contribution in [0.25, 0.3) is 0 Å². The van der Waals surface area contributed by atoms with Crippen LogP contribution in [0.1, 0.15) is 0 Å². The van der Waals surface area contributed by atoms with Crippen LogP contribution >= 0.6 is 12.6 Å². The lowest BCUT2D eigenvalue weighted by Gasteiger charge is -2.06. The SMILES string of the molecule is [CH2]C(S)C1C=CC=C1. The second-order valence-corrected chi connectivity index (χ2v) is 2.58. The van der Waals surface area contributed by atoms with E-state index in [1.165, 1.54) is 0 Å². The maximum absolute atomic E-state index is 4.18. The summed E-state index contributed by atoms with van der Waals surface area (Å²) in [6.45, 7) is 3.78. The molecule has 0 saturated heterocycles. The van der Waals surface area contributed by atoms with Crippen molar-refractivity contribution in [1.29, 1.82) is 0 Å². The predicted octanol–water partition coefficient (Wildman–Crippen LogP) is 1.86. The highest BCUT2D eigenvalue weighted by molar-refractivity contribution is 7.81. The zero-order valence-corrected chi connectivity index (χ0v) is 5.51. The maximum Gasteiger partial charge on any atom is 0.0115 e. The standard InChI is InChI=1S/C7H9S/c1-6(8)7-4-2-3-5-7/h2-8H,1H2. The molecule has 8 heavy (non-hydrogen) atoms. The fraction of sp³-hybridized carbons (Fsp3) is 0.286. The Balaban J connectivity index is 2.49. The van der Waals surface area contributed by atoms with Gasteiger partial charge in [-0.15, -0.1) is 0 Å². The first-order valence-electron chi connectivity index (χ1n) is 2.67. The number of hydrogen-bond donors (Lipinski definition) is 1. The number of thiol groups is 1. The third kappa shape index (κ3) is 1.16. The van der Waals surface area contributed by atoms with Crippen LogP contribution in [0.5, 0.6) is 0 Å². The summed E-state index contributed by atoms with van der Waals surface area (Å²) < 4.78 is 0. The molecule has 1 atom stereocenters. The zero-order chi connectivity index (χ0) is 5.98. The van der Waals surface area contributed by atoms with Crippen LogP contribution in [0.4, 0.5) is 0 Å². The first-order valence-corrected chi connectivity index (χ1v) is 3.18. The van der Waals surface area contributed by atoms with E-state index in [1.54, 1.807) is 0 Å². The van der Waals surface area contributed by atoms with Crippen molar-refractivity contribution in [2.45, 2.75) is 5.25 Å². The molecule has 0 spiro atoms. The largest absolute Gasteiger partial charge is 0.175 e. The summed E-state index contributed by atoms with van der Waals surface area (Å²) in [6, 6.07) is 0. The Morgan fingerprint density at radius 3 is 2.12 bits per heavy atom. The monoisotopic (exact) mass is 125 g/mol. The van der Waals surface area contributed by atoms with Gasteiger partial charge in [0.05, 0.1) is 0 Å². The predicted molar refractivity (Wildman–Crippen MR) is 39.9 cm³/mol. The quantitative estimate of drug-likeness (QED) is 0.508. The van der Waals surface area contributed by atoms with Crippen molar-refractivity contribution in [2.75, 3.05) is 0 Å². The fourth-order valence-electron chi connectivity index (χ4n) is 0.706. The Labute approximate surface area is 55.7 Å².